The second-order valence-corrected chi connectivity index (χ2v) is 7.09. The molecule has 1 aliphatic rings. The Labute approximate surface area is 177 Å². The molecule has 1 aliphatic heterocycles. The van der Waals surface area contributed by atoms with Crippen LogP contribution in [0.25, 0.3) is 0 Å². The third kappa shape index (κ3) is 5.49. The lowest BCUT2D eigenvalue weighted by atomic mass is 10.1. The van der Waals surface area contributed by atoms with E-state index in [-0.39, 0.29) is 36.6 Å². The quantitative estimate of drug-likeness (QED) is 0.305. The van der Waals surface area contributed by atoms with Gasteiger partial charge in [0.25, 0.3) is 5.91 Å². The van der Waals surface area contributed by atoms with Crippen molar-refractivity contribution in [2.24, 2.45) is 0 Å². The van der Waals surface area contributed by atoms with E-state index in [0.717, 1.165) is 0 Å². The molecule has 0 radical (unpaired) electrons. The van der Waals surface area contributed by atoms with E-state index in [0.29, 0.717) is 27.1 Å². The molecule has 1 fully saturated rings. The number of nitrogens with one attached hydrogen (secondary N) is 4. The first-order chi connectivity index (χ1) is 13.9. The van der Waals surface area contributed by atoms with Crippen LogP contribution < -0.4 is 21.5 Å². The molecular weight excluding hydrogens is 415 g/mol. The molecule has 2 aromatic carbocycles. The van der Waals surface area contributed by atoms with Crippen molar-refractivity contribution >= 4 is 52.2 Å². The molecule has 150 valence electrons. The predicted octanol–water partition coefficient (Wildman–Crippen LogP) is 3.28. The SMILES string of the molecule is O=C(CCC(Nc1ccccc1)=C1C(=O)CNC1=O)NNc1ccc(Cl)cc1Cl. The summed E-state index contributed by atoms with van der Waals surface area (Å²) in [7, 11) is 0. The summed E-state index contributed by atoms with van der Waals surface area (Å²) >= 11 is 11.9. The van der Waals surface area contributed by atoms with Crippen LogP contribution in [0.5, 0.6) is 0 Å². The van der Waals surface area contributed by atoms with Crippen LogP contribution in [0.2, 0.25) is 10.0 Å². The highest BCUT2D eigenvalue weighted by molar-refractivity contribution is 6.36. The Bertz CT molecular complexity index is 959. The van der Waals surface area contributed by atoms with Crippen molar-refractivity contribution < 1.29 is 14.4 Å². The number of amides is 2. The maximum absolute atomic E-state index is 12.3. The van der Waals surface area contributed by atoms with E-state index >= 15 is 0 Å². The van der Waals surface area contributed by atoms with Gasteiger partial charge in [-0.15, -0.1) is 0 Å². The monoisotopic (exact) mass is 432 g/mol. The number of Topliss-reactive ketones (excluding diaryl/α,β-unsaturated/α-hetero) is 1. The van der Waals surface area contributed by atoms with Crippen molar-refractivity contribution in [3.63, 3.8) is 0 Å². The number of benzene rings is 2. The van der Waals surface area contributed by atoms with E-state index in [1.165, 1.54) is 0 Å². The maximum Gasteiger partial charge on any atom is 0.257 e. The number of hydrogen-bond donors (Lipinski definition) is 4. The second-order valence-electron chi connectivity index (χ2n) is 6.25. The number of para-hydroxylation sites is 1. The first kappa shape index (κ1) is 20.7. The van der Waals surface area contributed by atoms with Gasteiger partial charge in [0.15, 0.2) is 5.78 Å². The zero-order valence-electron chi connectivity index (χ0n) is 15.2. The van der Waals surface area contributed by atoms with Crippen LogP contribution in [0.1, 0.15) is 12.8 Å². The van der Waals surface area contributed by atoms with Gasteiger partial charge in [-0.05, 0) is 36.8 Å². The molecule has 2 aromatic rings. The van der Waals surface area contributed by atoms with Gasteiger partial charge in [0.2, 0.25) is 5.91 Å². The van der Waals surface area contributed by atoms with Gasteiger partial charge in [-0.1, -0.05) is 41.4 Å². The number of carbonyl (C=O) groups is 3. The molecule has 3 rings (SSSR count). The third-order valence-electron chi connectivity index (χ3n) is 4.16. The number of halogens is 2. The highest BCUT2D eigenvalue weighted by atomic mass is 35.5. The number of allylic oxidation sites excluding steroid dienone is 1. The molecule has 0 atom stereocenters. The van der Waals surface area contributed by atoms with E-state index < -0.39 is 5.91 Å². The summed E-state index contributed by atoms with van der Waals surface area (Å²) in [6.45, 7) is -0.0447. The van der Waals surface area contributed by atoms with Crippen LogP contribution in [0.4, 0.5) is 11.4 Å². The minimum absolute atomic E-state index is 0.0391. The van der Waals surface area contributed by atoms with Gasteiger partial charge in [0.1, 0.15) is 5.57 Å². The minimum atomic E-state index is -0.445. The average Bonchev–Trinajstić information content (AvgIpc) is 3.03. The normalized spacial score (nSPS) is 15.0. The van der Waals surface area contributed by atoms with Crippen LogP contribution >= 0.6 is 23.2 Å². The molecule has 0 bridgehead atoms. The molecule has 0 aliphatic carbocycles. The molecule has 1 heterocycles. The first-order valence-corrected chi connectivity index (χ1v) is 9.56. The molecule has 7 nitrogen and oxygen atoms in total. The fourth-order valence-corrected chi connectivity index (χ4v) is 3.20. The van der Waals surface area contributed by atoms with Crippen LogP contribution in [0, 0.1) is 0 Å². The smallest absolute Gasteiger partial charge is 0.257 e. The van der Waals surface area contributed by atoms with Gasteiger partial charge < -0.3 is 10.6 Å². The fraction of sp³-hybridized carbons (Fsp3) is 0.150. The van der Waals surface area contributed by atoms with Crippen molar-refractivity contribution in [2.75, 3.05) is 17.3 Å². The Morgan fingerprint density at radius 1 is 1.03 bits per heavy atom. The van der Waals surface area contributed by atoms with Gasteiger partial charge in [-0.3, -0.25) is 25.2 Å². The Hall–Kier alpha value is -3.03. The number of hydrazine groups is 1. The number of hydrogen-bond acceptors (Lipinski definition) is 5. The summed E-state index contributed by atoms with van der Waals surface area (Å²) in [6.07, 6.45) is 0.211. The number of ketones is 1. The van der Waals surface area contributed by atoms with Crippen molar-refractivity contribution in [3.05, 3.63) is 69.8 Å². The lowest BCUT2D eigenvalue weighted by Gasteiger charge is -2.14. The highest BCUT2D eigenvalue weighted by Gasteiger charge is 2.29. The predicted molar refractivity (Wildman–Crippen MR) is 113 cm³/mol. The zero-order valence-corrected chi connectivity index (χ0v) is 16.7. The zero-order chi connectivity index (χ0) is 20.8. The summed E-state index contributed by atoms with van der Waals surface area (Å²) in [6, 6.07) is 13.9. The Balaban J connectivity index is 1.66. The van der Waals surface area contributed by atoms with Crippen LogP contribution in [-0.2, 0) is 14.4 Å². The van der Waals surface area contributed by atoms with E-state index in [1.807, 2.05) is 30.3 Å². The summed E-state index contributed by atoms with van der Waals surface area (Å²) in [5.41, 5.74) is 6.93. The highest BCUT2D eigenvalue weighted by Crippen LogP contribution is 2.25. The molecule has 29 heavy (non-hydrogen) atoms. The molecule has 9 heteroatoms. The van der Waals surface area contributed by atoms with Crippen molar-refractivity contribution in [3.8, 4) is 0 Å². The Kier molecular flexibility index (Phi) is 6.74. The van der Waals surface area contributed by atoms with E-state index in [2.05, 4.69) is 21.5 Å². The molecular formula is C20H18Cl2N4O3. The number of carbonyl (C=O) groups excluding carboxylic acids is 3. The van der Waals surface area contributed by atoms with Crippen molar-refractivity contribution in [2.45, 2.75) is 12.8 Å². The Morgan fingerprint density at radius 3 is 2.45 bits per heavy atom. The summed E-state index contributed by atoms with van der Waals surface area (Å²) in [5.74, 6) is -1.09. The van der Waals surface area contributed by atoms with Gasteiger partial charge >= 0.3 is 0 Å². The molecule has 1 saturated heterocycles. The number of anilines is 2. The first-order valence-electron chi connectivity index (χ1n) is 8.80. The molecule has 0 aromatic heterocycles. The standard InChI is InChI=1S/C20H18Cl2N4O3/c21-12-6-7-15(14(22)10-12)25-26-18(28)9-8-16(19-17(27)11-23-20(19)29)24-13-4-2-1-3-5-13/h1-7,10,24-25H,8-9,11H2,(H,23,29)(H,26,28). The van der Waals surface area contributed by atoms with Gasteiger partial charge in [-0.2, -0.15) is 0 Å². The second kappa shape index (κ2) is 9.45. The van der Waals surface area contributed by atoms with Crippen LogP contribution in [0.3, 0.4) is 0 Å². The minimum Gasteiger partial charge on any atom is -0.358 e. The molecule has 0 saturated carbocycles. The average molecular weight is 433 g/mol. The van der Waals surface area contributed by atoms with Gasteiger partial charge in [0.05, 0.1) is 17.3 Å². The number of rotatable bonds is 7. The summed E-state index contributed by atoms with van der Waals surface area (Å²) < 4.78 is 0. The summed E-state index contributed by atoms with van der Waals surface area (Å²) in [4.78, 5) is 36.4. The molecule has 4 N–H and O–H groups in total. The Morgan fingerprint density at radius 2 is 1.79 bits per heavy atom. The lowest BCUT2D eigenvalue weighted by Crippen LogP contribution is -2.29. The lowest BCUT2D eigenvalue weighted by molar-refractivity contribution is -0.121. The maximum atomic E-state index is 12.3. The largest absolute Gasteiger partial charge is 0.358 e. The van der Waals surface area contributed by atoms with Crippen molar-refractivity contribution in [1.82, 2.24) is 10.7 Å². The molecule has 2 amide bonds. The van der Waals surface area contributed by atoms with E-state index in [9.17, 15) is 14.4 Å². The fourth-order valence-electron chi connectivity index (χ4n) is 2.74. The van der Waals surface area contributed by atoms with Gasteiger partial charge in [0, 0.05) is 22.8 Å². The van der Waals surface area contributed by atoms with Gasteiger partial charge in [-0.25, -0.2) is 0 Å². The third-order valence-corrected chi connectivity index (χ3v) is 4.70. The van der Waals surface area contributed by atoms with Crippen molar-refractivity contribution in [1.29, 1.82) is 0 Å². The van der Waals surface area contributed by atoms with Crippen LogP contribution in [0.15, 0.2) is 59.8 Å². The van der Waals surface area contributed by atoms with E-state index in [4.69, 9.17) is 23.2 Å². The topological polar surface area (TPSA) is 99.3 Å². The molecule has 0 unspecified atom stereocenters. The van der Waals surface area contributed by atoms with Crippen LogP contribution in [-0.4, -0.2) is 24.1 Å². The summed E-state index contributed by atoms with van der Waals surface area (Å²) in [5, 5.41) is 6.44. The van der Waals surface area contributed by atoms with E-state index in [1.54, 1.807) is 18.2 Å². The molecule has 0 spiro atoms.